The number of aromatic amines is 1. The van der Waals surface area contributed by atoms with Gasteiger partial charge < -0.3 is 86.9 Å². The van der Waals surface area contributed by atoms with Gasteiger partial charge in [0, 0.05) is 113 Å². The summed E-state index contributed by atoms with van der Waals surface area (Å²) in [4.78, 5) is 69.9. The standard InChI is InChI=1S/C17H25N4O2P.C16H22N4O.C15H21N4O2P.C15H20N4O.C14H18N4O3.C13H16N4OS/c1-6-24(22,7-2)16-8-14(13(9-20-16)11(3)4)23-15-10-19-12(5)21-17(15)18;1-9(2)12-7-19-13(10(3)4)6-14(12)21-15-8-18-11(5)20-16(15)17;1-9(2)11-7-18-14(22(4,5)20)6-12(11)21-13-8-17-10(3)19-15(13)16;1-5-11-6-13(12(7-18-11)9(2)3)20-14-8-17-10(4)19-15(14)16;1-8(2)10-7-18(19)13(20-4)5-11(10)21-12-6-16-9(3)17-14(12)15;1-7(2)9-5-16-12(19)4-10(9)18-11-6-15-8(3)17-13(11)14/h8-11H,6-7H2,1-5H3,(H2,18,19,21);6-10H,1-5H3,(H2,17,18,20);6-9H,1-5H3,(H2,16,17,19);6-9H,5H2,1-4H3,(H2,16,17,19);5-8H,1-4H3,(H2,15,16,17);4-7H,1-3H3,(H,16,19)(H2,14,15,17). The number of ether oxygens (including phenoxy) is 7. The second-order valence-corrected chi connectivity index (χ2v) is 39.1. The number of anilines is 6. The van der Waals surface area contributed by atoms with E-state index in [9.17, 15) is 14.3 Å². The van der Waals surface area contributed by atoms with Crippen molar-refractivity contribution in [1.29, 1.82) is 0 Å². The van der Waals surface area contributed by atoms with Gasteiger partial charge in [0.05, 0.1) is 55.9 Å². The van der Waals surface area contributed by atoms with Crippen molar-refractivity contribution in [3.63, 3.8) is 0 Å². The van der Waals surface area contributed by atoms with E-state index < -0.39 is 14.3 Å². The largest absolute Gasteiger partial charge is 0.616 e. The number of rotatable bonds is 25. The minimum atomic E-state index is -2.49. The van der Waals surface area contributed by atoms with E-state index in [1.54, 1.807) is 116 Å². The Balaban J connectivity index is 0.000000209. The first-order valence-electron chi connectivity index (χ1n) is 41.5. The number of nitrogen functional groups attached to an aromatic ring is 6. The zero-order valence-electron chi connectivity index (χ0n) is 77.5. The van der Waals surface area contributed by atoms with Crippen LogP contribution in [0, 0.1) is 51.4 Å². The summed E-state index contributed by atoms with van der Waals surface area (Å²) in [7, 11) is -3.54. The molecule has 0 amide bonds. The van der Waals surface area contributed by atoms with Gasteiger partial charge in [0.2, 0.25) is 0 Å². The highest BCUT2D eigenvalue weighted by Crippen LogP contribution is 2.46. The fourth-order valence-corrected chi connectivity index (χ4v) is 14.4. The molecule has 0 bridgehead atoms. The van der Waals surface area contributed by atoms with Crippen LogP contribution in [0.25, 0.3) is 0 Å². The van der Waals surface area contributed by atoms with Crippen LogP contribution in [0.4, 0.5) is 34.9 Å². The average Bonchev–Trinajstić information content (AvgIpc) is 0.814. The van der Waals surface area contributed by atoms with Crippen LogP contribution in [0.15, 0.2) is 111 Å². The average molecular weight is 1790 g/mol. The monoisotopic (exact) mass is 1790 g/mol. The summed E-state index contributed by atoms with van der Waals surface area (Å²) in [6.07, 6.45) is 21.9. The van der Waals surface area contributed by atoms with Crippen LogP contribution in [0.5, 0.6) is 74.9 Å². The van der Waals surface area contributed by atoms with Gasteiger partial charge in [-0.05, 0) is 103 Å². The van der Waals surface area contributed by atoms with Gasteiger partial charge >= 0.3 is 5.88 Å². The zero-order valence-corrected chi connectivity index (χ0v) is 80.1. The van der Waals surface area contributed by atoms with Crippen molar-refractivity contribution in [2.24, 2.45) is 0 Å². The van der Waals surface area contributed by atoms with Crippen LogP contribution in [0.2, 0.25) is 0 Å². The fourth-order valence-electron chi connectivity index (χ4n) is 11.7. The van der Waals surface area contributed by atoms with Crippen molar-refractivity contribution in [3.8, 4) is 74.9 Å². The maximum absolute atomic E-state index is 13.0. The molecule has 0 aliphatic rings. The van der Waals surface area contributed by atoms with Crippen LogP contribution in [-0.2, 0) is 15.6 Å². The van der Waals surface area contributed by atoms with Gasteiger partial charge in [-0.2, -0.15) is 0 Å². The smallest absolute Gasteiger partial charge is 0.382 e. The molecule has 0 fully saturated rings. The number of nitrogens with one attached hydrogen (secondary N) is 1. The third-order valence-electron chi connectivity index (χ3n) is 19.2. The molecule has 12 heterocycles. The highest BCUT2D eigenvalue weighted by Gasteiger charge is 2.27. The number of hydrogen-bond donors (Lipinski definition) is 7. The molecule has 37 heteroatoms. The lowest BCUT2D eigenvalue weighted by Crippen LogP contribution is -2.29. The molecule has 0 saturated heterocycles. The topological polar surface area (TPSA) is 504 Å². The normalized spacial score (nSPS) is 11.2. The molecule has 12 aromatic heterocycles. The summed E-state index contributed by atoms with van der Waals surface area (Å²) in [5, 5.41) is 11.8. The number of nitrogens with two attached hydrogens (primary N) is 6. The zero-order chi connectivity index (χ0) is 94.2. The third-order valence-corrected chi connectivity index (χ3v) is 23.9. The van der Waals surface area contributed by atoms with E-state index in [0.29, 0.717) is 166 Å². The summed E-state index contributed by atoms with van der Waals surface area (Å²) >= 11 is 5.12. The van der Waals surface area contributed by atoms with Gasteiger partial charge in [-0.15, -0.1) is 4.73 Å². The molecule has 0 unspecified atom stereocenters. The maximum atomic E-state index is 13.0. The number of hydrogen-bond acceptors (Lipinski definition) is 33. The van der Waals surface area contributed by atoms with Gasteiger partial charge in [-0.3, -0.25) is 19.9 Å². The highest BCUT2D eigenvalue weighted by molar-refractivity contribution is 7.71. The summed E-state index contributed by atoms with van der Waals surface area (Å²) < 4.78 is 66.8. The number of H-pyrrole nitrogens is 1. The molecular formula is C90H122N24O10P2S. The van der Waals surface area contributed by atoms with E-state index in [1.807, 2.05) is 72.3 Å². The van der Waals surface area contributed by atoms with Gasteiger partial charge in [-0.25, -0.2) is 59.8 Å². The number of aromatic nitrogens is 18. The van der Waals surface area contributed by atoms with Crippen molar-refractivity contribution in [1.82, 2.24) is 84.7 Å². The fraction of sp³-hybridized carbons (Fsp3) is 0.400. The second-order valence-electron chi connectivity index (χ2n) is 32.0. The second kappa shape index (κ2) is 45.9. The Morgan fingerprint density at radius 2 is 0.661 bits per heavy atom. The quantitative estimate of drug-likeness (QED) is 0.0121. The van der Waals surface area contributed by atoms with Crippen LogP contribution in [0.1, 0.15) is 239 Å². The first-order valence-corrected chi connectivity index (χ1v) is 46.6. The summed E-state index contributed by atoms with van der Waals surface area (Å²) in [6.45, 7) is 48.8. The van der Waals surface area contributed by atoms with Crippen LogP contribution >= 0.6 is 26.5 Å². The van der Waals surface area contributed by atoms with E-state index in [2.05, 4.69) is 161 Å². The summed E-state index contributed by atoms with van der Waals surface area (Å²) in [5.74, 6) is 13.7. The molecule has 0 aromatic carbocycles. The van der Waals surface area contributed by atoms with E-state index in [-0.39, 0.29) is 41.1 Å². The maximum Gasteiger partial charge on any atom is 0.382 e. The molecule has 678 valence electrons. The molecule has 0 spiro atoms. The molecular weight excluding hydrogens is 1670 g/mol. The van der Waals surface area contributed by atoms with E-state index >= 15 is 0 Å². The molecule has 13 N–H and O–H groups in total. The van der Waals surface area contributed by atoms with E-state index in [4.69, 9.17) is 79.8 Å². The summed E-state index contributed by atoms with van der Waals surface area (Å²) in [5.41, 5.74) is 44.0. The van der Waals surface area contributed by atoms with Gasteiger partial charge in [-0.1, -0.05) is 130 Å². The minimum Gasteiger partial charge on any atom is -0.616 e. The first-order chi connectivity index (χ1) is 59.8. The molecule has 0 atom stereocenters. The lowest BCUT2D eigenvalue weighted by atomic mass is 10.0. The predicted octanol–water partition coefficient (Wildman–Crippen LogP) is 18.9. The van der Waals surface area contributed by atoms with Crippen molar-refractivity contribution in [2.45, 2.75) is 207 Å². The molecule has 12 rings (SSSR count). The molecule has 0 aliphatic heterocycles. The molecule has 12 aromatic rings. The van der Waals surface area contributed by atoms with Crippen LogP contribution < -0.4 is 83.2 Å². The molecule has 0 saturated carbocycles. The number of nitrogens with zero attached hydrogens (tertiary/aromatic N) is 17. The Labute approximate surface area is 749 Å². The Hall–Kier alpha value is -12.7. The Morgan fingerprint density at radius 3 is 0.961 bits per heavy atom. The molecule has 0 aliphatic carbocycles. The molecule has 127 heavy (non-hydrogen) atoms. The Morgan fingerprint density at radius 1 is 0.370 bits per heavy atom. The van der Waals surface area contributed by atoms with Crippen molar-refractivity contribution in [3.05, 3.63) is 200 Å². The highest BCUT2D eigenvalue weighted by atomic mass is 32.1. The van der Waals surface area contributed by atoms with Gasteiger partial charge in [0.25, 0.3) is 0 Å². The molecule has 0 radical (unpaired) electrons. The number of methoxy groups -OCH3 is 1. The van der Waals surface area contributed by atoms with Crippen LogP contribution in [0.3, 0.4) is 0 Å². The van der Waals surface area contributed by atoms with E-state index in [1.165, 1.54) is 25.6 Å². The van der Waals surface area contributed by atoms with Crippen LogP contribution in [-0.4, -0.2) is 117 Å². The number of aryl methyl sites for hydroxylation is 7. The van der Waals surface area contributed by atoms with E-state index in [0.717, 1.165) is 62.7 Å². The Kier molecular flexibility index (Phi) is 36.7. The minimum absolute atomic E-state index is 0.0960. The van der Waals surface area contributed by atoms with Crippen molar-refractivity contribution in [2.75, 3.05) is 67.2 Å². The third kappa shape index (κ3) is 28.9. The van der Waals surface area contributed by atoms with Gasteiger partial charge in [0.15, 0.2) is 75.6 Å². The SMILES string of the molecule is CCP(=O)(CC)c1cc(Oc2cnc(C)nc2N)c(C(C)C)cn1.CCc1cc(Oc2cnc(C)nc2N)c(C(C)C)cn1.COc1cc(Oc2cnc(C)nc2N)c(C(C)C)c[n+]1[O-].Cc1ncc(Oc2cc(=S)[nH]cc2C(C)C)c(N)n1.Cc1ncc(Oc2cc(C(C)C)ncc2C(C)C)c(N)n1.Cc1ncc(Oc2cc(P(C)(C)=O)ncc2C(C)C)c(N)n1. The van der Waals surface area contributed by atoms with Gasteiger partial charge in [0.1, 0.15) is 99.2 Å². The molecule has 34 nitrogen and oxygen atoms in total. The van der Waals surface area contributed by atoms with Crippen molar-refractivity contribution < 1.29 is 47.0 Å². The predicted molar refractivity (Wildman–Crippen MR) is 503 cm³/mol. The summed E-state index contributed by atoms with van der Waals surface area (Å²) in [6, 6.07) is 10.7. The van der Waals surface area contributed by atoms with Crippen molar-refractivity contribution >= 4 is 72.3 Å². The number of pyridine rings is 6. The lowest BCUT2D eigenvalue weighted by molar-refractivity contribution is -0.612. The lowest BCUT2D eigenvalue weighted by Gasteiger charge is -2.18. The Bertz CT molecular complexity index is 5910. The first kappa shape index (κ1) is 101.